The summed E-state index contributed by atoms with van der Waals surface area (Å²) in [6.45, 7) is 5.10. The van der Waals surface area contributed by atoms with Crippen LogP contribution in [0.1, 0.15) is 33.6 Å². The molecule has 2 heterocycles. The first-order valence-corrected chi connectivity index (χ1v) is 8.43. The van der Waals surface area contributed by atoms with E-state index < -0.39 is 48.2 Å². The number of carboxylic acid groups (broad SMARTS) is 1. The van der Waals surface area contributed by atoms with Crippen LogP contribution in [0.3, 0.4) is 0 Å². The number of halogens is 2. The van der Waals surface area contributed by atoms with E-state index in [1.807, 2.05) is 0 Å². The lowest BCUT2D eigenvalue weighted by Gasteiger charge is -2.46. The Labute approximate surface area is 145 Å². The average molecular weight is 364 g/mol. The second kappa shape index (κ2) is 7.31. The molecule has 2 amide bonds. The molecule has 5 atom stereocenters. The Morgan fingerprint density at radius 3 is 2.32 bits per heavy atom. The molecule has 2 rings (SSSR count). The van der Waals surface area contributed by atoms with Crippen molar-refractivity contribution in [2.75, 3.05) is 19.6 Å². The molecule has 2 aliphatic heterocycles. The average Bonchev–Trinajstić information content (AvgIpc) is 2.50. The number of likely N-dealkylation sites (tertiary alicyclic amines) is 2. The van der Waals surface area contributed by atoms with E-state index in [1.165, 1.54) is 4.90 Å². The zero-order valence-electron chi connectivity index (χ0n) is 14.7. The molecular weight excluding hydrogens is 338 g/mol. The molecule has 0 aromatic carbocycles. The number of ether oxygens (including phenoxy) is 1. The van der Waals surface area contributed by atoms with Crippen LogP contribution in [0, 0.1) is 5.41 Å². The van der Waals surface area contributed by atoms with Gasteiger partial charge in [-0.3, -0.25) is 0 Å². The number of alkyl halides is 2. The molecule has 0 radical (unpaired) electrons. The minimum atomic E-state index is -1.63. The molecule has 0 aliphatic carbocycles. The number of rotatable bonds is 1. The summed E-state index contributed by atoms with van der Waals surface area (Å²) in [7, 11) is 0. The van der Waals surface area contributed by atoms with Gasteiger partial charge in [-0.15, -0.1) is 0 Å². The molecule has 0 saturated carbocycles. The molecule has 3 unspecified atom stereocenters. The molecule has 2 saturated heterocycles. The molecule has 2 aliphatic rings. The molecule has 2 fully saturated rings. The molecule has 0 aromatic heterocycles. The van der Waals surface area contributed by atoms with Crippen LogP contribution in [-0.2, 0) is 4.74 Å². The van der Waals surface area contributed by atoms with E-state index in [0.717, 1.165) is 4.90 Å². The smallest absolute Gasteiger partial charge is 0.410 e. The fourth-order valence-electron chi connectivity index (χ4n) is 3.49. The number of nitrogens with zero attached hydrogens (tertiary/aromatic N) is 2. The van der Waals surface area contributed by atoms with Crippen molar-refractivity contribution < 1.29 is 33.3 Å². The van der Waals surface area contributed by atoms with Crippen LogP contribution in [0.5, 0.6) is 0 Å². The second-order valence-electron chi connectivity index (χ2n) is 7.76. The van der Waals surface area contributed by atoms with Crippen LogP contribution in [0.15, 0.2) is 0 Å². The number of amides is 2. The molecule has 2 N–H and O–H groups in total. The Bertz CT molecular complexity index is 513. The summed E-state index contributed by atoms with van der Waals surface area (Å²) < 4.78 is 33.9. The molecule has 25 heavy (non-hydrogen) atoms. The van der Waals surface area contributed by atoms with E-state index in [0.29, 0.717) is 0 Å². The van der Waals surface area contributed by atoms with Gasteiger partial charge in [0.2, 0.25) is 0 Å². The highest BCUT2D eigenvalue weighted by molar-refractivity contribution is 5.69. The highest BCUT2D eigenvalue weighted by atomic mass is 19.1. The largest absolute Gasteiger partial charge is 0.465 e. The standard InChI is InChI=1S/C16H26F2N2O5/c1-16(2,3)13-12(18)10(21)4-7-20(13)15(24)25-11-5-6-19(14(22)23)8-9(11)17/h9-13,21H,4-8H2,1-3H3,(H,22,23)/t9?,10-,11?,12-,13?/m1/s1. The van der Waals surface area contributed by atoms with E-state index in [4.69, 9.17) is 9.84 Å². The van der Waals surface area contributed by atoms with Gasteiger partial charge in [0.1, 0.15) is 12.3 Å². The highest BCUT2D eigenvalue weighted by Crippen LogP contribution is 2.35. The highest BCUT2D eigenvalue weighted by Gasteiger charge is 2.47. The van der Waals surface area contributed by atoms with E-state index in [9.17, 15) is 23.5 Å². The van der Waals surface area contributed by atoms with Crippen LogP contribution in [0.25, 0.3) is 0 Å². The summed E-state index contributed by atoms with van der Waals surface area (Å²) >= 11 is 0. The van der Waals surface area contributed by atoms with Crippen LogP contribution in [0.2, 0.25) is 0 Å². The van der Waals surface area contributed by atoms with E-state index in [-0.39, 0.29) is 32.5 Å². The van der Waals surface area contributed by atoms with Crippen molar-refractivity contribution in [3.05, 3.63) is 0 Å². The van der Waals surface area contributed by atoms with E-state index >= 15 is 0 Å². The van der Waals surface area contributed by atoms with Crippen LogP contribution >= 0.6 is 0 Å². The van der Waals surface area contributed by atoms with Gasteiger partial charge < -0.3 is 24.7 Å². The maximum Gasteiger partial charge on any atom is 0.410 e. The SMILES string of the molecule is CC(C)(C)C1[C@H](F)[C@H](O)CCN1C(=O)OC1CCN(C(=O)O)CC1F. The predicted molar refractivity (Wildman–Crippen MR) is 84.8 cm³/mol. The molecule has 0 aromatic rings. The van der Waals surface area contributed by atoms with E-state index in [2.05, 4.69) is 0 Å². The Balaban J connectivity index is 2.05. The lowest BCUT2D eigenvalue weighted by molar-refractivity contribution is -0.0794. The lowest BCUT2D eigenvalue weighted by atomic mass is 9.79. The van der Waals surface area contributed by atoms with Crippen LogP contribution < -0.4 is 0 Å². The van der Waals surface area contributed by atoms with Gasteiger partial charge in [-0.2, -0.15) is 0 Å². The van der Waals surface area contributed by atoms with Crippen molar-refractivity contribution in [1.29, 1.82) is 0 Å². The number of hydrogen-bond acceptors (Lipinski definition) is 4. The Hall–Kier alpha value is -1.64. The summed E-state index contributed by atoms with van der Waals surface area (Å²) in [5.74, 6) is 0. The zero-order valence-corrected chi connectivity index (χ0v) is 14.7. The fraction of sp³-hybridized carbons (Fsp3) is 0.875. The molecular formula is C16H26F2N2O5. The third-order valence-corrected chi connectivity index (χ3v) is 4.80. The van der Waals surface area contributed by atoms with Gasteiger partial charge >= 0.3 is 12.2 Å². The van der Waals surface area contributed by atoms with Crippen molar-refractivity contribution in [2.24, 2.45) is 5.41 Å². The van der Waals surface area contributed by atoms with Gasteiger partial charge in [-0.25, -0.2) is 18.4 Å². The lowest BCUT2D eigenvalue weighted by Crippen LogP contribution is -2.61. The minimum Gasteiger partial charge on any atom is -0.465 e. The maximum absolute atomic E-state index is 14.5. The van der Waals surface area contributed by atoms with Crippen molar-refractivity contribution in [3.63, 3.8) is 0 Å². The number of carbonyl (C=O) groups excluding carboxylic acids is 1. The summed E-state index contributed by atoms with van der Waals surface area (Å²) in [6.07, 6.45) is -7.37. The molecule has 0 spiro atoms. The molecule has 9 heteroatoms. The van der Waals surface area contributed by atoms with Gasteiger partial charge in [0.05, 0.1) is 18.7 Å². The van der Waals surface area contributed by atoms with Gasteiger partial charge in [0.15, 0.2) is 6.17 Å². The third kappa shape index (κ3) is 4.31. The summed E-state index contributed by atoms with van der Waals surface area (Å²) in [4.78, 5) is 25.5. The summed E-state index contributed by atoms with van der Waals surface area (Å²) in [6, 6.07) is -0.888. The number of aliphatic hydroxyl groups excluding tert-OH is 1. The third-order valence-electron chi connectivity index (χ3n) is 4.80. The number of aliphatic hydroxyl groups is 1. The van der Waals surface area contributed by atoms with Crippen molar-refractivity contribution >= 4 is 12.2 Å². The molecule has 7 nitrogen and oxygen atoms in total. The van der Waals surface area contributed by atoms with E-state index in [1.54, 1.807) is 20.8 Å². The zero-order chi connectivity index (χ0) is 18.9. The first-order chi connectivity index (χ1) is 11.5. The first-order valence-electron chi connectivity index (χ1n) is 8.43. The fourth-order valence-corrected chi connectivity index (χ4v) is 3.49. The summed E-state index contributed by atoms with van der Waals surface area (Å²) in [5, 5.41) is 18.7. The number of carbonyl (C=O) groups is 2. The normalized spacial score (nSPS) is 33.9. The number of hydrogen-bond donors (Lipinski definition) is 2. The quantitative estimate of drug-likeness (QED) is 0.743. The predicted octanol–water partition coefficient (Wildman–Crippen LogP) is 2.03. The van der Waals surface area contributed by atoms with Crippen LogP contribution in [0.4, 0.5) is 18.4 Å². The van der Waals surface area contributed by atoms with Gasteiger partial charge in [-0.1, -0.05) is 20.8 Å². The second-order valence-corrected chi connectivity index (χ2v) is 7.76. The topological polar surface area (TPSA) is 90.3 Å². The molecule has 0 bridgehead atoms. The summed E-state index contributed by atoms with van der Waals surface area (Å²) in [5.41, 5.74) is -0.637. The van der Waals surface area contributed by atoms with Crippen molar-refractivity contribution in [3.8, 4) is 0 Å². The minimum absolute atomic E-state index is 0.0505. The van der Waals surface area contributed by atoms with Crippen LogP contribution in [-0.4, -0.2) is 82.4 Å². The Kier molecular flexibility index (Phi) is 5.75. The Morgan fingerprint density at radius 2 is 1.80 bits per heavy atom. The van der Waals surface area contributed by atoms with Gasteiger partial charge in [-0.05, 0) is 11.8 Å². The first kappa shape index (κ1) is 19.7. The maximum atomic E-state index is 14.5. The Morgan fingerprint density at radius 1 is 1.16 bits per heavy atom. The monoisotopic (exact) mass is 364 g/mol. The van der Waals surface area contributed by atoms with Gasteiger partial charge in [0.25, 0.3) is 0 Å². The molecule has 144 valence electrons. The van der Waals surface area contributed by atoms with Crippen molar-refractivity contribution in [1.82, 2.24) is 9.80 Å². The number of piperidine rings is 2. The van der Waals surface area contributed by atoms with Gasteiger partial charge in [0, 0.05) is 19.5 Å². The van der Waals surface area contributed by atoms with Crippen molar-refractivity contribution in [2.45, 2.75) is 64.2 Å².